The summed E-state index contributed by atoms with van der Waals surface area (Å²) in [6.45, 7) is 2.80. The van der Waals surface area contributed by atoms with Crippen LogP contribution in [0.3, 0.4) is 0 Å². The Labute approximate surface area is 195 Å². The summed E-state index contributed by atoms with van der Waals surface area (Å²) in [7, 11) is 0. The molecule has 0 saturated carbocycles. The third-order valence-electron chi connectivity index (χ3n) is 6.27. The fourth-order valence-corrected chi connectivity index (χ4v) is 4.49. The fourth-order valence-electron chi connectivity index (χ4n) is 4.49. The van der Waals surface area contributed by atoms with Gasteiger partial charge >= 0.3 is 6.03 Å². The smallest absolute Gasteiger partial charge is 0.326 e. The average molecular weight is 449 g/mol. The summed E-state index contributed by atoms with van der Waals surface area (Å²) >= 11 is 0. The number of fused-ring (bicyclic) bond motifs is 1. The molecule has 2 aliphatic heterocycles. The molecular weight excluding hydrogens is 416 g/mol. The molecular formula is C26H32N4O3. The second-order valence-electron chi connectivity index (χ2n) is 8.73. The number of hydrogen-bond donors (Lipinski definition) is 2. The molecule has 7 heteroatoms. The van der Waals surface area contributed by atoms with Crippen LogP contribution in [0.1, 0.15) is 43.2 Å². The highest BCUT2D eigenvalue weighted by Gasteiger charge is 2.21. The maximum absolute atomic E-state index is 12.9. The normalized spacial score (nSPS) is 15.7. The first-order valence-corrected chi connectivity index (χ1v) is 11.9. The molecule has 4 rings (SSSR count). The van der Waals surface area contributed by atoms with Gasteiger partial charge in [0.15, 0.2) is 0 Å². The minimum absolute atomic E-state index is 0.0410. The third kappa shape index (κ3) is 6.12. The van der Waals surface area contributed by atoms with Gasteiger partial charge in [0.1, 0.15) is 0 Å². The van der Waals surface area contributed by atoms with Crippen LogP contribution in [0.4, 0.5) is 16.2 Å². The average Bonchev–Trinajstić information content (AvgIpc) is 3.10. The van der Waals surface area contributed by atoms with E-state index in [4.69, 9.17) is 0 Å². The predicted molar refractivity (Wildman–Crippen MR) is 129 cm³/mol. The van der Waals surface area contributed by atoms with Gasteiger partial charge in [0, 0.05) is 44.0 Å². The summed E-state index contributed by atoms with van der Waals surface area (Å²) in [5.74, 6) is 0.175. The lowest BCUT2D eigenvalue weighted by Crippen LogP contribution is -2.35. The van der Waals surface area contributed by atoms with Gasteiger partial charge in [-0.2, -0.15) is 0 Å². The van der Waals surface area contributed by atoms with Crippen molar-refractivity contribution in [3.8, 4) is 0 Å². The minimum Gasteiger partial charge on any atom is -0.356 e. The Morgan fingerprint density at radius 3 is 2.52 bits per heavy atom. The van der Waals surface area contributed by atoms with E-state index in [0.29, 0.717) is 31.7 Å². The second kappa shape index (κ2) is 11.0. The number of likely N-dealkylation sites (tertiary alicyclic amines) is 1. The minimum atomic E-state index is -0.133. The SMILES string of the molecule is O=C(Cc1ccc(NC(=O)N2CCCCc3ccccc32)cc1)NCCCN1CCCC1=O. The predicted octanol–water partition coefficient (Wildman–Crippen LogP) is 3.73. The van der Waals surface area contributed by atoms with Crippen LogP contribution in [-0.2, 0) is 22.4 Å². The van der Waals surface area contributed by atoms with Crippen LogP contribution in [0.2, 0.25) is 0 Å². The summed E-state index contributed by atoms with van der Waals surface area (Å²) in [5, 5.41) is 5.91. The van der Waals surface area contributed by atoms with Crippen LogP contribution in [0.25, 0.3) is 0 Å². The van der Waals surface area contributed by atoms with E-state index >= 15 is 0 Å². The number of anilines is 2. The molecule has 2 aromatic rings. The summed E-state index contributed by atoms with van der Waals surface area (Å²) < 4.78 is 0. The van der Waals surface area contributed by atoms with Crippen molar-refractivity contribution >= 4 is 29.2 Å². The lowest BCUT2D eigenvalue weighted by molar-refractivity contribution is -0.127. The number of nitrogens with zero attached hydrogens (tertiary/aromatic N) is 2. The Bertz CT molecular complexity index is 989. The number of benzene rings is 2. The molecule has 4 amide bonds. The van der Waals surface area contributed by atoms with Crippen molar-refractivity contribution in [1.82, 2.24) is 10.2 Å². The van der Waals surface area contributed by atoms with Crippen molar-refractivity contribution in [1.29, 1.82) is 0 Å². The number of rotatable bonds is 7. The maximum atomic E-state index is 12.9. The van der Waals surface area contributed by atoms with Crippen LogP contribution in [0, 0.1) is 0 Å². The first-order valence-electron chi connectivity index (χ1n) is 11.9. The Balaban J connectivity index is 1.24. The molecule has 2 aliphatic rings. The molecule has 0 bridgehead atoms. The second-order valence-corrected chi connectivity index (χ2v) is 8.73. The number of aryl methyl sites for hydroxylation is 1. The number of nitrogens with one attached hydrogen (secondary N) is 2. The molecule has 2 N–H and O–H groups in total. The van der Waals surface area contributed by atoms with E-state index in [1.807, 2.05) is 52.3 Å². The number of para-hydroxylation sites is 1. The summed E-state index contributed by atoms with van der Waals surface area (Å²) in [5.41, 5.74) is 3.79. The van der Waals surface area contributed by atoms with Gasteiger partial charge in [-0.3, -0.25) is 14.5 Å². The Morgan fingerprint density at radius 1 is 0.909 bits per heavy atom. The molecule has 0 aliphatic carbocycles. The maximum Gasteiger partial charge on any atom is 0.326 e. The van der Waals surface area contributed by atoms with E-state index in [1.54, 1.807) is 0 Å². The van der Waals surface area contributed by atoms with Crippen LogP contribution in [0.5, 0.6) is 0 Å². The van der Waals surface area contributed by atoms with Crippen LogP contribution in [-0.4, -0.2) is 48.9 Å². The molecule has 0 spiro atoms. The molecule has 0 unspecified atom stereocenters. The summed E-state index contributed by atoms with van der Waals surface area (Å²) in [6.07, 6.45) is 5.69. The van der Waals surface area contributed by atoms with Gasteiger partial charge in [-0.05, 0) is 61.4 Å². The summed E-state index contributed by atoms with van der Waals surface area (Å²) in [6, 6.07) is 15.4. The molecule has 2 heterocycles. The zero-order valence-corrected chi connectivity index (χ0v) is 19.0. The van der Waals surface area contributed by atoms with Crippen molar-refractivity contribution in [3.05, 3.63) is 59.7 Å². The van der Waals surface area contributed by atoms with Gasteiger partial charge in [0.25, 0.3) is 0 Å². The monoisotopic (exact) mass is 448 g/mol. The first kappa shape index (κ1) is 22.8. The number of carbonyl (C=O) groups excluding carboxylic acids is 3. The van der Waals surface area contributed by atoms with Crippen LogP contribution >= 0.6 is 0 Å². The summed E-state index contributed by atoms with van der Waals surface area (Å²) in [4.78, 5) is 40.4. The quantitative estimate of drug-likeness (QED) is 0.633. The number of amides is 4. The van der Waals surface area contributed by atoms with Gasteiger partial charge in [-0.25, -0.2) is 4.79 Å². The van der Waals surface area contributed by atoms with Gasteiger partial charge in [0.05, 0.1) is 6.42 Å². The topological polar surface area (TPSA) is 81.8 Å². The van der Waals surface area contributed by atoms with Crippen molar-refractivity contribution in [2.24, 2.45) is 0 Å². The van der Waals surface area contributed by atoms with Gasteiger partial charge in [-0.15, -0.1) is 0 Å². The van der Waals surface area contributed by atoms with E-state index in [9.17, 15) is 14.4 Å². The number of hydrogen-bond acceptors (Lipinski definition) is 3. The molecule has 1 saturated heterocycles. The molecule has 0 radical (unpaired) electrons. The Kier molecular flexibility index (Phi) is 7.60. The fraction of sp³-hybridized carbons (Fsp3) is 0.423. The van der Waals surface area contributed by atoms with E-state index in [-0.39, 0.29) is 24.3 Å². The molecule has 2 aromatic carbocycles. The number of urea groups is 1. The van der Waals surface area contributed by atoms with Gasteiger partial charge in [-0.1, -0.05) is 30.3 Å². The van der Waals surface area contributed by atoms with Crippen LogP contribution in [0.15, 0.2) is 48.5 Å². The third-order valence-corrected chi connectivity index (χ3v) is 6.27. The zero-order valence-electron chi connectivity index (χ0n) is 19.0. The molecule has 174 valence electrons. The van der Waals surface area contributed by atoms with Crippen molar-refractivity contribution in [2.75, 3.05) is 36.4 Å². The zero-order chi connectivity index (χ0) is 23.0. The van der Waals surface area contributed by atoms with Gasteiger partial charge in [0.2, 0.25) is 11.8 Å². The highest BCUT2D eigenvalue weighted by Crippen LogP contribution is 2.26. The molecule has 1 fully saturated rings. The highest BCUT2D eigenvalue weighted by molar-refractivity contribution is 6.02. The van der Waals surface area contributed by atoms with E-state index in [0.717, 1.165) is 49.9 Å². The number of carbonyl (C=O) groups is 3. The van der Waals surface area contributed by atoms with Gasteiger partial charge < -0.3 is 15.5 Å². The molecule has 0 atom stereocenters. The van der Waals surface area contributed by atoms with Crippen molar-refractivity contribution in [2.45, 2.75) is 44.9 Å². The standard InChI is InChI=1S/C26H32N4O3/c31-24(27-15-6-17-29-16-5-10-25(29)32)19-20-11-13-22(14-12-20)28-26(33)30-18-4-3-8-21-7-1-2-9-23(21)30/h1-2,7,9,11-14H,3-6,8,10,15-19H2,(H,27,31)(H,28,33). The van der Waals surface area contributed by atoms with E-state index in [1.165, 1.54) is 5.56 Å². The molecule has 7 nitrogen and oxygen atoms in total. The molecule has 0 aromatic heterocycles. The van der Waals surface area contributed by atoms with Crippen LogP contribution < -0.4 is 15.5 Å². The Hall–Kier alpha value is -3.35. The first-order chi connectivity index (χ1) is 16.1. The molecule has 33 heavy (non-hydrogen) atoms. The Morgan fingerprint density at radius 2 is 1.73 bits per heavy atom. The van der Waals surface area contributed by atoms with Crippen molar-refractivity contribution in [3.63, 3.8) is 0 Å². The van der Waals surface area contributed by atoms with E-state index < -0.39 is 0 Å². The largest absolute Gasteiger partial charge is 0.356 e. The van der Waals surface area contributed by atoms with E-state index in [2.05, 4.69) is 16.7 Å². The highest BCUT2D eigenvalue weighted by atomic mass is 16.2. The van der Waals surface area contributed by atoms with Crippen molar-refractivity contribution < 1.29 is 14.4 Å². The lowest BCUT2D eigenvalue weighted by Gasteiger charge is -2.23. The lowest BCUT2D eigenvalue weighted by atomic mass is 10.1.